The quantitative estimate of drug-likeness (QED) is 0.0937. The van der Waals surface area contributed by atoms with Crippen molar-refractivity contribution >= 4 is 46.1 Å². The number of rotatable bonds is 12. The van der Waals surface area contributed by atoms with Gasteiger partial charge in [0.15, 0.2) is 0 Å². The predicted molar refractivity (Wildman–Crippen MR) is 299 cm³/mol. The number of imidazole rings is 2. The number of nitrogens with zero attached hydrogens (tertiary/aromatic N) is 4. The van der Waals surface area contributed by atoms with Crippen molar-refractivity contribution in [3.63, 3.8) is 0 Å². The van der Waals surface area contributed by atoms with E-state index >= 15 is 0 Å². The van der Waals surface area contributed by atoms with Crippen molar-refractivity contribution in [1.29, 1.82) is 0 Å². The molecule has 3 saturated heterocycles. The Bertz CT molecular complexity index is 3320. The van der Waals surface area contributed by atoms with Gasteiger partial charge in [0, 0.05) is 12.1 Å². The Kier molecular flexibility index (Phi) is 14.5. The molecule has 4 bridgehead atoms. The Morgan fingerprint density at radius 3 is 2.14 bits per heavy atom. The van der Waals surface area contributed by atoms with E-state index in [0.29, 0.717) is 11.8 Å². The third kappa shape index (κ3) is 9.82. The highest BCUT2D eigenvalue weighted by Gasteiger charge is 2.58. The number of carbonyl (C=O) groups excluding carboxylic acids is 4. The van der Waals surface area contributed by atoms with E-state index in [2.05, 4.69) is 108 Å². The number of piperidine rings is 1. The lowest BCUT2D eigenvalue weighted by atomic mass is 9.68. The van der Waals surface area contributed by atoms with Gasteiger partial charge in [0.2, 0.25) is 11.8 Å². The summed E-state index contributed by atoms with van der Waals surface area (Å²) in [6.45, 7) is 8.13. The molecule has 0 radical (unpaired) electrons. The number of aromatic nitrogens is 4. The van der Waals surface area contributed by atoms with E-state index in [1.807, 2.05) is 23.6 Å². The molecule has 4 amide bonds. The number of fused-ring (bicyclic) bond motifs is 3. The number of aryl methyl sites for hydroxylation is 3. The van der Waals surface area contributed by atoms with E-state index in [1.165, 1.54) is 38.9 Å². The number of benzene rings is 4. The highest BCUT2D eigenvalue weighted by molar-refractivity contribution is 5.90. The zero-order chi connectivity index (χ0) is 54.8. The number of amides is 4. The van der Waals surface area contributed by atoms with E-state index in [-0.39, 0.29) is 72.9 Å². The fourth-order valence-electron chi connectivity index (χ4n) is 15.2. The SMILES string of the molecule is Cc1cc2c(-c3ccc4nc([C@@H]5C[C@@H]6CCCC[C@@H]6N5C(=O)C(NC(=O)OCCF)C(C)C)[nH]c4c3)cc1C[C@@H](C)c1ccc(cc1-c1ccc3nc([C@@H]4C[C@@H]5CCCC6C(C)[C@H](NC(=O)OCCF)C(=O)N4[C@@H]65)[nH]c3c1)CC2. The molecule has 2 aromatic heterocycles. The molecule has 5 fully saturated rings. The highest BCUT2D eigenvalue weighted by Crippen LogP contribution is 2.54. The van der Waals surface area contributed by atoms with Gasteiger partial charge in [-0.2, -0.15) is 0 Å². The Morgan fingerprint density at radius 1 is 0.747 bits per heavy atom. The van der Waals surface area contributed by atoms with Crippen LogP contribution in [0.2, 0.25) is 0 Å². The van der Waals surface area contributed by atoms with Gasteiger partial charge in [-0.3, -0.25) is 9.59 Å². The molecule has 6 aromatic rings. The summed E-state index contributed by atoms with van der Waals surface area (Å²) in [5.74, 6) is 2.05. The van der Waals surface area contributed by atoms with Crippen molar-refractivity contribution in [2.75, 3.05) is 26.6 Å². The van der Waals surface area contributed by atoms with Crippen LogP contribution in [0.15, 0.2) is 66.7 Å². The molecule has 4 aromatic carbocycles. The molecule has 14 nitrogen and oxygen atoms in total. The molecule has 16 heteroatoms. The molecule has 11 atom stereocenters. The zero-order valence-corrected chi connectivity index (χ0v) is 46.1. The predicted octanol–water partition coefficient (Wildman–Crippen LogP) is 11.9. The molecule has 6 aliphatic carbocycles. The van der Waals surface area contributed by atoms with Gasteiger partial charge in [0.05, 0.1) is 34.2 Å². The second kappa shape index (κ2) is 21.7. The van der Waals surface area contributed by atoms with Crippen molar-refractivity contribution in [3.05, 3.63) is 106 Å². The number of H-pyrrole nitrogens is 2. The van der Waals surface area contributed by atoms with Gasteiger partial charge in [-0.25, -0.2) is 28.3 Å². The van der Waals surface area contributed by atoms with Crippen LogP contribution in [-0.4, -0.2) is 104 Å². The minimum absolute atomic E-state index is 0.0444. The number of hydrogen-bond acceptors (Lipinski definition) is 8. The number of aromatic amines is 2. The molecule has 9 aliphatic rings. The number of alkyl halides is 2. The topological polar surface area (TPSA) is 175 Å². The lowest BCUT2D eigenvalue weighted by Gasteiger charge is -2.49. The van der Waals surface area contributed by atoms with Crippen LogP contribution in [0, 0.1) is 36.5 Å². The Labute approximate surface area is 460 Å². The molecule has 3 aliphatic heterocycles. The normalized spacial score (nSPS) is 26.7. The largest absolute Gasteiger partial charge is 0.447 e. The average molecular weight is 1080 g/mol. The first kappa shape index (κ1) is 52.8. The molecule has 4 N–H and O–H groups in total. The maximum atomic E-state index is 14.6. The Hall–Kier alpha value is -6.84. The fraction of sp³-hybridized carbons (Fsp3) is 0.524. The molecular formula is C63H74F2N8O6. The summed E-state index contributed by atoms with van der Waals surface area (Å²) in [5, 5.41) is 5.57. The molecule has 15 rings (SSSR count). The number of hydrogen-bond donors (Lipinski definition) is 4. The zero-order valence-electron chi connectivity index (χ0n) is 46.1. The molecule has 0 spiro atoms. The maximum absolute atomic E-state index is 14.6. The van der Waals surface area contributed by atoms with Crippen LogP contribution in [0.1, 0.15) is 143 Å². The van der Waals surface area contributed by atoms with Gasteiger partial charge in [-0.1, -0.05) is 89.4 Å². The van der Waals surface area contributed by atoms with Gasteiger partial charge < -0.3 is 39.9 Å². The van der Waals surface area contributed by atoms with Crippen LogP contribution in [0.4, 0.5) is 18.4 Å². The second-order valence-corrected chi connectivity index (χ2v) is 24.1. The summed E-state index contributed by atoms with van der Waals surface area (Å²) in [5.41, 5.74) is 14.5. The van der Waals surface area contributed by atoms with Gasteiger partial charge >= 0.3 is 12.2 Å². The van der Waals surface area contributed by atoms with Gasteiger partial charge in [-0.15, -0.1) is 0 Å². The first-order valence-electron chi connectivity index (χ1n) is 29.1. The first-order chi connectivity index (χ1) is 38.3. The summed E-state index contributed by atoms with van der Waals surface area (Å²) in [7, 11) is 0. The maximum Gasteiger partial charge on any atom is 0.407 e. The van der Waals surface area contributed by atoms with Crippen LogP contribution in [0.25, 0.3) is 44.3 Å². The fourth-order valence-corrected chi connectivity index (χ4v) is 15.2. The number of ether oxygens (including phenoxy) is 2. The molecule has 2 saturated carbocycles. The lowest BCUT2D eigenvalue weighted by molar-refractivity contribution is -0.148. The van der Waals surface area contributed by atoms with E-state index in [4.69, 9.17) is 19.4 Å². The van der Waals surface area contributed by atoms with Crippen LogP contribution in [0.5, 0.6) is 0 Å². The van der Waals surface area contributed by atoms with Gasteiger partial charge in [-0.05, 0) is 175 Å². The summed E-state index contributed by atoms with van der Waals surface area (Å²) in [6, 6.07) is 22.7. The standard InChI is InChI=1S/C63H74F2N8O6/c1-33(2)55(70-62(76)78-23-21-64)60(74)72-52-12-7-6-9-41(52)31-53(72)58-66-48-19-16-39(29-50(48)68-58)46-28-43-26-35(4)44-18-14-37(13-15-38(46)25-34(43)3)27-47(44)40-17-20-49-51(30-40)69-59(67-49)54-32-42-10-8-11-45-36(5)56(61(75)73(54)57(42)45)71-63(77)79-24-22-65/h14,16-20,25,27-30,33,35-36,41-42,45,52-57H,6-13,15,21-24,26,31-32H2,1-5H3,(H,66,68)(H,67,69)(H,70,76)(H,71,77)/t35-,36?,41+,42+,45?,52+,53+,54+,55?,56+,57-/m1/s1. The van der Waals surface area contributed by atoms with E-state index in [0.717, 1.165) is 122 Å². The van der Waals surface area contributed by atoms with Crippen LogP contribution < -0.4 is 10.6 Å². The number of alkyl carbamates (subject to hydrolysis) is 2. The lowest BCUT2D eigenvalue weighted by Crippen LogP contribution is -2.63. The molecule has 5 heterocycles. The summed E-state index contributed by atoms with van der Waals surface area (Å²) < 4.78 is 35.8. The first-order valence-corrected chi connectivity index (χ1v) is 29.1. The van der Waals surface area contributed by atoms with Crippen LogP contribution in [0.3, 0.4) is 0 Å². The average Bonchev–Trinajstić information content (AvgIpc) is 4.47. The van der Waals surface area contributed by atoms with E-state index in [9.17, 15) is 28.0 Å². The smallest absolute Gasteiger partial charge is 0.407 e. The van der Waals surface area contributed by atoms with Crippen LogP contribution >= 0.6 is 0 Å². The molecule has 3 unspecified atom stereocenters. The number of halogens is 2. The van der Waals surface area contributed by atoms with Crippen molar-refractivity contribution in [1.82, 2.24) is 40.4 Å². The Balaban J connectivity index is 0.809. The second-order valence-electron chi connectivity index (χ2n) is 24.1. The van der Waals surface area contributed by atoms with Crippen molar-refractivity contribution < 1.29 is 37.4 Å². The molecule has 416 valence electrons. The molecule has 79 heavy (non-hydrogen) atoms. The number of likely N-dealkylation sites (tertiary alicyclic amines) is 1. The van der Waals surface area contributed by atoms with Crippen molar-refractivity contribution in [3.8, 4) is 22.3 Å². The third-order valence-electron chi connectivity index (χ3n) is 19.1. The molecular weight excluding hydrogens is 1000 g/mol. The minimum atomic E-state index is -0.824. The third-order valence-corrected chi connectivity index (χ3v) is 19.1. The number of carbonyl (C=O) groups is 4. The van der Waals surface area contributed by atoms with Crippen molar-refractivity contribution in [2.24, 2.45) is 29.6 Å². The summed E-state index contributed by atoms with van der Waals surface area (Å²) in [4.78, 5) is 76.1. The van der Waals surface area contributed by atoms with Crippen molar-refractivity contribution in [2.45, 2.75) is 154 Å². The van der Waals surface area contributed by atoms with Crippen LogP contribution in [-0.2, 0) is 38.3 Å². The monoisotopic (exact) mass is 1080 g/mol. The minimum Gasteiger partial charge on any atom is -0.447 e. The summed E-state index contributed by atoms with van der Waals surface area (Å²) in [6.07, 6.45) is 9.78. The van der Waals surface area contributed by atoms with E-state index in [1.54, 1.807) is 0 Å². The highest BCUT2D eigenvalue weighted by atomic mass is 19.1. The van der Waals surface area contributed by atoms with Gasteiger partial charge in [0.25, 0.3) is 0 Å². The van der Waals surface area contributed by atoms with Gasteiger partial charge in [0.1, 0.15) is 50.3 Å². The summed E-state index contributed by atoms with van der Waals surface area (Å²) >= 11 is 0. The van der Waals surface area contributed by atoms with E-state index < -0.39 is 37.6 Å². The Morgan fingerprint density at radius 2 is 1.42 bits per heavy atom. The number of nitrogens with one attached hydrogen (secondary N) is 4.